The van der Waals surface area contributed by atoms with Gasteiger partial charge in [0.1, 0.15) is 4.87 Å². The number of halogens is 1. The summed E-state index contributed by atoms with van der Waals surface area (Å²) in [5.74, 6) is 1.05. The minimum absolute atomic E-state index is 0.184. The van der Waals surface area contributed by atoms with Gasteiger partial charge in [-0.15, -0.1) is 11.6 Å². The fourth-order valence-corrected chi connectivity index (χ4v) is 2.96. The molecular weight excluding hydrogens is 186 g/mol. The first-order chi connectivity index (χ1) is 6.21. The molecule has 4 atom stereocenters. The molecule has 0 aromatic carbocycles. The maximum absolute atomic E-state index is 8.98. The van der Waals surface area contributed by atoms with E-state index in [2.05, 4.69) is 18.2 Å². The highest BCUT2D eigenvalue weighted by atomic mass is 35.5. The van der Waals surface area contributed by atoms with Crippen molar-refractivity contribution >= 4 is 11.6 Å². The summed E-state index contributed by atoms with van der Waals surface area (Å²) in [6.45, 7) is 0.707. The van der Waals surface area contributed by atoms with Gasteiger partial charge in [0.05, 0.1) is 12.7 Å². The van der Waals surface area contributed by atoms with Crippen LogP contribution in [0.3, 0.4) is 0 Å². The van der Waals surface area contributed by atoms with Crippen LogP contribution >= 0.6 is 11.6 Å². The van der Waals surface area contributed by atoms with Gasteiger partial charge in [0.25, 0.3) is 0 Å². The first-order valence-electron chi connectivity index (χ1n) is 4.48. The Morgan fingerprint density at radius 3 is 3.00 bits per heavy atom. The van der Waals surface area contributed by atoms with Gasteiger partial charge in [-0.1, -0.05) is 12.2 Å². The van der Waals surface area contributed by atoms with Crippen molar-refractivity contribution in [1.29, 1.82) is 5.26 Å². The van der Waals surface area contributed by atoms with Crippen molar-refractivity contribution in [2.45, 2.75) is 11.3 Å². The summed E-state index contributed by atoms with van der Waals surface area (Å²) < 4.78 is 5.14. The van der Waals surface area contributed by atoms with Gasteiger partial charge in [0.15, 0.2) is 0 Å². The predicted molar refractivity (Wildman–Crippen MR) is 50.3 cm³/mol. The Morgan fingerprint density at radius 2 is 2.46 bits per heavy atom. The highest BCUT2D eigenvalue weighted by Crippen LogP contribution is 2.53. The minimum atomic E-state index is -0.664. The molecule has 2 nitrogen and oxygen atoms in total. The number of hydrogen-bond acceptors (Lipinski definition) is 2. The van der Waals surface area contributed by atoms with Gasteiger partial charge in [0, 0.05) is 13.0 Å². The monoisotopic (exact) mass is 197 g/mol. The lowest BCUT2D eigenvalue weighted by atomic mass is 9.92. The summed E-state index contributed by atoms with van der Waals surface area (Å²) in [4.78, 5) is -0.664. The van der Waals surface area contributed by atoms with Crippen molar-refractivity contribution in [3.8, 4) is 6.07 Å². The van der Waals surface area contributed by atoms with Gasteiger partial charge < -0.3 is 4.74 Å². The molecule has 0 N–H and O–H groups in total. The Balaban J connectivity index is 2.20. The molecule has 1 fully saturated rings. The van der Waals surface area contributed by atoms with Crippen LogP contribution in [-0.4, -0.2) is 18.6 Å². The maximum atomic E-state index is 8.98. The van der Waals surface area contributed by atoms with Crippen LogP contribution in [0, 0.1) is 29.1 Å². The standard InChI is InChI=1S/C10H12ClNO/c1-13-5-8-7-2-3-9(8)10(11,4-7)6-12/h2-3,7-9H,4-5H2,1H3/t7-,8-,9-,10?/m0/s1. The van der Waals surface area contributed by atoms with Crippen LogP contribution in [0.2, 0.25) is 0 Å². The Bertz CT molecular complexity index is 283. The van der Waals surface area contributed by atoms with Gasteiger partial charge in [-0.05, 0) is 18.3 Å². The zero-order valence-electron chi connectivity index (χ0n) is 7.53. The molecule has 0 aromatic rings. The molecule has 0 amide bonds. The summed E-state index contributed by atoms with van der Waals surface area (Å²) in [6, 6.07) is 2.22. The van der Waals surface area contributed by atoms with E-state index in [9.17, 15) is 0 Å². The first-order valence-corrected chi connectivity index (χ1v) is 4.86. The van der Waals surface area contributed by atoms with E-state index in [4.69, 9.17) is 21.6 Å². The molecule has 2 aliphatic carbocycles. The number of ether oxygens (including phenoxy) is 1. The van der Waals surface area contributed by atoms with E-state index in [1.54, 1.807) is 7.11 Å². The molecule has 13 heavy (non-hydrogen) atoms. The van der Waals surface area contributed by atoms with Crippen LogP contribution in [0.25, 0.3) is 0 Å². The second kappa shape index (κ2) is 3.01. The smallest absolute Gasteiger partial charge is 0.138 e. The molecule has 1 saturated carbocycles. The second-order valence-corrected chi connectivity index (χ2v) is 4.55. The minimum Gasteiger partial charge on any atom is -0.384 e. The van der Waals surface area contributed by atoms with E-state index >= 15 is 0 Å². The number of nitrogens with zero attached hydrogens (tertiary/aromatic N) is 1. The Morgan fingerprint density at radius 1 is 1.69 bits per heavy atom. The molecular formula is C10H12ClNO. The second-order valence-electron chi connectivity index (χ2n) is 3.87. The van der Waals surface area contributed by atoms with E-state index in [-0.39, 0.29) is 5.92 Å². The quantitative estimate of drug-likeness (QED) is 0.501. The van der Waals surface area contributed by atoms with Crippen LogP contribution in [0.15, 0.2) is 12.2 Å². The number of nitriles is 1. The van der Waals surface area contributed by atoms with Crippen LogP contribution in [0.1, 0.15) is 6.42 Å². The largest absolute Gasteiger partial charge is 0.384 e. The van der Waals surface area contributed by atoms with Gasteiger partial charge in [-0.25, -0.2) is 0 Å². The summed E-state index contributed by atoms with van der Waals surface area (Å²) in [6.07, 6.45) is 5.03. The molecule has 0 heterocycles. The summed E-state index contributed by atoms with van der Waals surface area (Å²) in [5, 5.41) is 8.98. The van der Waals surface area contributed by atoms with Crippen molar-refractivity contribution in [1.82, 2.24) is 0 Å². The topological polar surface area (TPSA) is 33.0 Å². The van der Waals surface area contributed by atoms with E-state index in [1.165, 1.54) is 0 Å². The number of hydrogen-bond donors (Lipinski definition) is 0. The lowest BCUT2D eigenvalue weighted by Gasteiger charge is -2.21. The maximum Gasteiger partial charge on any atom is 0.138 e. The number of alkyl halides is 1. The van der Waals surface area contributed by atoms with E-state index in [0.29, 0.717) is 18.4 Å². The molecule has 0 spiro atoms. The molecule has 70 valence electrons. The van der Waals surface area contributed by atoms with Crippen molar-refractivity contribution in [3.63, 3.8) is 0 Å². The molecule has 2 rings (SSSR count). The number of allylic oxidation sites excluding steroid dienone is 2. The number of methoxy groups -OCH3 is 1. The number of fused-ring (bicyclic) bond motifs is 2. The Labute approximate surface area is 83.1 Å². The number of rotatable bonds is 2. The molecule has 2 bridgehead atoms. The normalized spacial score (nSPS) is 46.7. The van der Waals surface area contributed by atoms with Crippen LogP contribution in [0.4, 0.5) is 0 Å². The van der Waals surface area contributed by atoms with Crippen LogP contribution < -0.4 is 0 Å². The lowest BCUT2D eigenvalue weighted by molar-refractivity contribution is 0.134. The highest BCUT2D eigenvalue weighted by Gasteiger charge is 2.54. The molecule has 0 aromatic heterocycles. The summed E-state index contributed by atoms with van der Waals surface area (Å²) in [5.41, 5.74) is 0. The van der Waals surface area contributed by atoms with Crippen molar-refractivity contribution < 1.29 is 4.74 Å². The Kier molecular flexibility index (Phi) is 2.09. The molecule has 2 aliphatic rings. The first kappa shape index (κ1) is 9.05. The Hall–Kier alpha value is -0.520. The van der Waals surface area contributed by atoms with E-state index in [1.807, 2.05) is 0 Å². The zero-order chi connectivity index (χ0) is 9.47. The third-order valence-corrected chi connectivity index (χ3v) is 3.67. The van der Waals surface area contributed by atoms with Gasteiger partial charge in [0.2, 0.25) is 0 Å². The lowest BCUT2D eigenvalue weighted by Crippen LogP contribution is -2.27. The molecule has 1 unspecified atom stereocenters. The zero-order valence-corrected chi connectivity index (χ0v) is 8.29. The van der Waals surface area contributed by atoms with Crippen LogP contribution in [-0.2, 0) is 4.74 Å². The predicted octanol–water partition coefficient (Wildman–Crippen LogP) is 1.96. The molecule has 0 saturated heterocycles. The van der Waals surface area contributed by atoms with Crippen molar-refractivity contribution in [3.05, 3.63) is 12.2 Å². The van der Waals surface area contributed by atoms with E-state index < -0.39 is 4.87 Å². The summed E-state index contributed by atoms with van der Waals surface area (Å²) in [7, 11) is 1.69. The average molecular weight is 198 g/mol. The van der Waals surface area contributed by atoms with Crippen molar-refractivity contribution in [2.75, 3.05) is 13.7 Å². The molecule has 3 heteroatoms. The average Bonchev–Trinajstić information content (AvgIpc) is 2.61. The fraction of sp³-hybridized carbons (Fsp3) is 0.700. The fourth-order valence-electron chi connectivity index (χ4n) is 2.54. The van der Waals surface area contributed by atoms with E-state index in [0.717, 1.165) is 6.42 Å². The van der Waals surface area contributed by atoms with Gasteiger partial charge in [-0.2, -0.15) is 5.26 Å². The third kappa shape index (κ3) is 1.19. The molecule has 0 aliphatic heterocycles. The summed E-state index contributed by atoms with van der Waals surface area (Å²) >= 11 is 6.21. The SMILES string of the molecule is COC[C@H]1[C@H]2C=C[C@@H]1C(Cl)(C#N)C2. The van der Waals surface area contributed by atoms with Gasteiger partial charge >= 0.3 is 0 Å². The highest BCUT2D eigenvalue weighted by molar-refractivity contribution is 6.26. The van der Waals surface area contributed by atoms with Crippen molar-refractivity contribution in [2.24, 2.45) is 17.8 Å². The van der Waals surface area contributed by atoms with Crippen LogP contribution in [0.5, 0.6) is 0 Å². The molecule has 0 radical (unpaired) electrons. The third-order valence-electron chi connectivity index (χ3n) is 3.18. The van der Waals surface area contributed by atoms with Gasteiger partial charge in [-0.3, -0.25) is 0 Å².